The third-order valence-electron chi connectivity index (χ3n) is 2.64. The van der Waals surface area contributed by atoms with Gasteiger partial charge in [0.15, 0.2) is 0 Å². The summed E-state index contributed by atoms with van der Waals surface area (Å²) in [5, 5.41) is 2.36. The number of aromatic amines is 1. The van der Waals surface area contributed by atoms with Gasteiger partial charge in [0.25, 0.3) is 0 Å². The number of nitrogens with one attached hydrogen (secondary N) is 2. The Bertz CT molecular complexity index is 470. The highest BCUT2D eigenvalue weighted by Crippen LogP contribution is 2.03. The van der Waals surface area contributed by atoms with Crippen LogP contribution in [0.3, 0.4) is 0 Å². The summed E-state index contributed by atoms with van der Waals surface area (Å²) in [7, 11) is 0. The van der Waals surface area contributed by atoms with Crippen molar-refractivity contribution in [2.24, 2.45) is 5.73 Å². The first-order valence-electron chi connectivity index (χ1n) is 5.46. The first kappa shape index (κ1) is 12.2. The molecule has 4 N–H and O–H groups in total. The minimum Gasteiger partial charge on any atom is -0.348 e. The van der Waals surface area contributed by atoms with E-state index in [-0.39, 0.29) is 19.5 Å². The van der Waals surface area contributed by atoms with Gasteiger partial charge in [-0.2, -0.15) is 0 Å². The second kappa shape index (κ2) is 4.96. The number of imidazole rings is 1. The summed E-state index contributed by atoms with van der Waals surface area (Å²) < 4.78 is 0. The fourth-order valence-electron chi connectivity index (χ4n) is 1.71. The molecular formula is C10H13N5O3. The first-order chi connectivity index (χ1) is 8.59. The molecule has 8 heteroatoms. The summed E-state index contributed by atoms with van der Waals surface area (Å²) in [5.41, 5.74) is 6.42. The van der Waals surface area contributed by atoms with Crippen LogP contribution in [0, 0.1) is 0 Å². The number of amides is 3. The average molecular weight is 251 g/mol. The third-order valence-corrected chi connectivity index (χ3v) is 2.64. The van der Waals surface area contributed by atoms with Gasteiger partial charge in [-0.15, -0.1) is 0 Å². The van der Waals surface area contributed by atoms with Gasteiger partial charge in [0.1, 0.15) is 0 Å². The van der Waals surface area contributed by atoms with Crippen molar-refractivity contribution < 1.29 is 14.4 Å². The van der Waals surface area contributed by atoms with Crippen LogP contribution in [0.25, 0.3) is 0 Å². The van der Waals surface area contributed by atoms with Crippen LogP contribution in [0.4, 0.5) is 0 Å². The predicted molar refractivity (Wildman–Crippen MR) is 60.0 cm³/mol. The van der Waals surface area contributed by atoms with Crippen molar-refractivity contribution in [2.75, 3.05) is 13.1 Å². The fourth-order valence-corrected chi connectivity index (χ4v) is 1.71. The number of carbonyl (C=O) groups excluding carboxylic acids is 3. The number of nitrogens with two attached hydrogens (primary N) is 1. The maximum atomic E-state index is 11.9. The molecule has 0 radical (unpaired) electrons. The Labute approximate surface area is 103 Å². The zero-order chi connectivity index (χ0) is 13.1. The minimum atomic E-state index is -0.875. The molecule has 1 aromatic heterocycles. The fraction of sp³-hybridized carbons (Fsp3) is 0.400. The van der Waals surface area contributed by atoms with E-state index >= 15 is 0 Å². The molecule has 0 aliphatic carbocycles. The Morgan fingerprint density at radius 3 is 3.00 bits per heavy atom. The molecule has 1 aliphatic rings. The van der Waals surface area contributed by atoms with Crippen LogP contribution in [0.1, 0.15) is 5.69 Å². The zero-order valence-electron chi connectivity index (χ0n) is 9.55. The highest BCUT2D eigenvalue weighted by atomic mass is 16.2. The minimum absolute atomic E-state index is 0.153. The van der Waals surface area contributed by atoms with Gasteiger partial charge < -0.3 is 16.0 Å². The highest BCUT2D eigenvalue weighted by Gasteiger charge is 2.33. The SMILES string of the molecule is N[C@@H](Cc1cnc[nH]1)C(=O)N1CCNC(=O)C1=O. The highest BCUT2D eigenvalue weighted by molar-refractivity contribution is 6.38. The smallest absolute Gasteiger partial charge is 0.318 e. The van der Waals surface area contributed by atoms with Gasteiger partial charge in [0.2, 0.25) is 5.91 Å². The van der Waals surface area contributed by atoms with Crippen LogP contribution >= 0.6 is 0 Å². The molecule has 1 atom stereocenters. The van der Waals surface area contributed by atoms with Gasteiger partial charge in [-0.05, 0) is 0 Å². The van der Waals surface area contributed by atoms with Gasteiger partial charge in [-0.1, -0.05) is 0 Å². The number of rotatable bonds is 3. The summed E-state index contributed by atoms with van der Waals surface area (Å²) in [4.78, 5) is 42.1. The Hall–Kier alpha value is -2.22. The molecule has 1 saturated heterocycles. The molecule has 0 saturated carbocycles. The molecule has 2 heterocycles. The normalized spacial score (nSPS) is 17.5. The third kappa shape index (κ3) is 2.38. The van der Waals surface area contributed by atoms with Crippen LogP contribution in [0.5, 0.6) is 0 Å². The number of piperazine rings is 1. The van der Waals surface area contributed by atoms with Crippen molar-refractivity contribution in [1.29, 1.82) is 0 Å². The van der Waals surface area contributed by atoms with E-state index < -0.39 is 23.8 Å². The quantitative estimate of drug-likeness (QED) is 0.525. The molecule has 96 valence electrons. The summed E-state index contributed by atoms with van der Waals surface area (Å²) >= 11 is 0. The molecule has 0 unspecified atom stereocenters. The van der Waals surface area contributed by atoms with E-state index in [1.165, 1.54) is 6.33 Å². The number of carbonyl (C=O) groups is 3. The summed E-state index contributed by atoms with van der Waals surface area (Å²) in [6, 6.07) is -0.875. The van der Waals surface area contributed by atoms with E-state index in [0.717, 1.165) is 4.90 Å². The summed E-state index contributed by atoms with van der Waals surface area (Å²) in [5.74, 6) is -2.18. The molecule has 2 rings (SSSR count). The Kier molecular flexibility index (Phi) is 3.38. The topological polar surface area (TPSA) is 121 Å². The monoisotopic (exact) mass is 251 g/mol. The van der Waals surface area contributed by atoms with Gasteiger partial charge in [-0.25, -0.2) is 4.98 Å². The van der Waals surface area contributed by atoms with Crippen LogP contribution < -0.4 is 11.1 Å². The van der Waals surface area contributed by atoms with Crippen molar-refractivity contribution in [3.63, 3.8) is 0 Å². The number of aromatic nitrogens is 2. The van der Waals surface area contributed by atoms with Crippen LogP contribution in [-0.2, 0) is 20.8 Å². The molecular weight excluding hydrogens is 238 g/mol. The van der Waals surface area contributed by atoms with Crippen LogP contribution in [-0.4, -0.2) is 51.7 Å². The first-order valence-corrected chi connectivity index (χ1v) is 5.46. The molecule has 0 aromatic carbocycles. The molecule has 1 aliphatic heterocycles. The lowest BCUT2D eigenvalue weighted by atomic mass is 10.1. The predicted octanol–water partition coefficient (Wildman–Crippen LogP) is -2.24. The molecule has 0 spiro atoms. The van der Waals surface area contributed by atoms with E-state index in [1.54, 1.807) is 6.20 Å². The van der Waals surface area contributed by atoms with Crippen molar-refractivity contribution in [2.45, 2.75) is 12.5 Å². The van der Waals surface area contributed by atoms with E-state index in [9.17, 15) is 14.4 Å². The Morgan fingerprint density at radius 1 is 1.56 bits per heavy atom. The maximum absolute atomic E-state index is 11.9. The van der Waals surface area contributed by atoms with Gasteiger partial charge >= 0.3 is 11.8 Å². The van der Waals surface area contributed by atoms with E-state index in [0.29, 0.717) is 5.69 Å². The largest absolute Gasteiger partial charge is 0.348 e. The lowest BCUT2D eigenvalue weighted by Gasteiger charge is -2.26. The van der Waals surface area contributed by atoms with Crippen molar-refractivity contribution >= 4 is 17.7 Å². The molecule has 0 bridgehead atoms. The number of hydrogen-bond acceptors (Lipinski definition) is 5. The van der Waals surface area contributed by atoms with Crippen LogP contribution in [0.15, 0.2) is 12.5 Å². The number of H-pyrrole nitrogens is 1. The van der Waals surface area contributed by atoms with Gasteiger partial charge in [-0.3, -0.25) is 19.3 Å². The summed E-state index contributed by atoms with van der Waals surface area (Å²) in [6.07, 6.45) is 3.27. The van der Waals surface area contributed by atoms with Crippen molar-refractivity contribution in [3.8, 4) is 0 Å². The zero-order valence-corrected chi connectivity index (χ0v) is 9.55. The average Bonchev–Trinajstić information content (AvgIpc) is 2.84. The number of nitrogens with zero attached hydrogens (tertiary/aromatic N) is 2. The number of hydrogen-bond donors (Lipinski definition) is 3. The maximum Gasteiger partial charge on any atom is 0.318 e. The lowest BCUT2D eigenvalue weighted by Crippen LogP contribution is -2.58. The second-order valence-electron chi connectivity index (χ2n) is 3.94. The van der Waals surface area contributed by atoms with Crippen molar-refractivity contribution in [1.82, 2.24) is 20.2 Å². The van der Waals surface area contributed by atoms with E-state index in [2.05, 4.69) is 15.3 Å². The molecule has 1 fully saturated rings. The van der Waals surface area contributed by atoms with E-state index in [4.69, 9.17) is 5.73 Å². The number of imide groups is 1. The summed E-state index contributed by atoms with van der Waals surface area (Å²) in [6.45, 7) is 0.410. The second-order valence-corrected chi connectivity index (χ2v) is 3.94. The lowest BCUT2D eigenvalue weighted by molar-refractivity contribution is -0.155. The molecule has 18 heavy (non-hydrogen) atoms. The molecule has 8 nitrogen and oxygen atoms in total. The van der Waals surface area contributed by atoms with Crippen molar-refractivity contribution in [3.05, 3.63) is 18.2 Å². The molecule has 1 aromatic rings. The van der Waals surface area contributed by atoms with Gasteiger partial charge in [0, 0.05) is 31.4 Å². The standard InChI is InChI=1S/C10H13N5O3/c11-7(3-6-4-12-5-14-6)9(17)15-2-1-13-8(16)10(15)18/h4-5,7H,1-3,11H2,(H,12,14)(H,13,16)/t7-/m0/s1. The Morgan fingerprint density at radius 2 is 2.33 bits per heavy atom. The Balaban J connectivity index is 2.01. The van der Waals surface area contributed by atoms with Crippen LogP contribution in [0.2, 0.25) is 0 Å². The van der Waals surface area contributed by atoms with Gasteiger partial charge in [0.05, 0.1) is 12.4 Å². The van der Waals surface area contributed by atoms with E-state index in [1.807, 2.05) is 0 Å². The molecule has 3 amide bonds.